The zero-order valence-electron chi connectivity index (χ0n) is 12.7. The van der Waals surface area contributed by atoms with E-state index in [-0.39, 0.29) is 31.6 Å². The van der Waals surface area contributed by atoms with E-state index in [9.17, 15) is 19.0 Å². The highest BCUT2D eigenvalue weighted by Gasteiger charge is 2.24. The molecule has 3 N–H and O–H groups in total. The van der Waals surface area contributed by atoms with Gasteiger partial charge >= 0.3 is 11.9 Å². The molecule has 6 nitrogen and oxygen atoms in total. The number of benzene rings is 1. The highest BCUT2D eigenvalue weighted by Crippen LogP contribution is 2.42. The summed E-state index contributed by atoms with van der Waals surface area (Å²) in [6, 6.07) is 9.32. The van der Waals surface area contributed by atoms with Crippen LogP contribution in [-0.4, -0.2) is 39.4 Å². The van der Waals surface area contributed by atoms with E-state index in [0.717, 1.165) is 5.56 Å². The molecular formula is C16H21O6P. The van der Waals surface area contributed by atoms with Crippen LogP contribution in [0.1, 0.15) is 24.8 Å². The van der Waals surface area contributed by atoms with Crippen molar-refractivity contribution >= 4 is 25.4 Å². The predicted molar refractivity (Wildman–Crippen MR) is 87.6 cm³/mol. The van der Waals surface area contributed by atoms with E-state index in [0.29, 0.717) is 0 Å². The fourth-order valence-electron chi connectivity index (χ4n) is 2.06. The summed E-state index contributed by atoms with van der Waals surface area (Å²) in [7, 11) is -3.47. The molecule has 1 aromatic carbocycles. The normalized spacial score (nSPS) is 15.2. The average Bonchev–Trinajstić information content (AvgIpc) is 2.47. The van der Waals surface area contributed by atoms with Gasteiger partial charge in [-0.2, -0.15) is 0 Å². The molecule has 7 heteroatoms. The number of allylic oxidation sites excluding steroid dienone is 1. The van der Waals surface area contributed by atoms with Crippen molar-refractivity contribution in [3.63, 3.8) is 0 Å². The Hall–Kier alpha value is -1.91. The molecule has 0 aromatic heterocycles. The Morgan fingerprint density at radius 1 is 1.13 bits per heavy atom. The number of hydrogen-bond acceptors (Lipinski definition) is 3. The Bertz CT molecular complexity index is 596. The van der Waals surface area contributed by atoms with Gasteiger partial charge in [0.05, 0.1) is 5.92 Å². The Balaban J connectivity index is 2.49. The van der Waals surface area contributed by atoms with Gasteiger partial charge < -0.3 is 15.1 Å². The van der Waals surface area contributed by atoms with Gasteiger partial charge in [0.2, 0.25) is 7.37 Å². The largest absolute Gasteiger partial charge is 0.481 e. The minimum absolute atomic E-state index is 0.00440. The average molecular weight is 340 g/mol. The Morgan fingerprint density at radius 2 is 1.78 bits per heavy atom. The topological polar surface area (TPSA) is 112 Å². The smallest absolute Gasteiger partial charge is 0.306 e. The minimum Gasteiger partial charge on any atom is -0.481 e. The van der Waals surface area contributed by atoms with Crippen molar-refractivity contribution < 1.29 is 29.3 Å². The summed E-state index contributed by atoms with van der Waals surface area (Å²) >= 11 is 0. The summed E-state index contributed by atoms with van der Waals surface area (Å²) in [5.74, 6) is -3.12. The fraction of sp³-hybridized carbons (Fsp3) is 0.375. The fourth-order valence-corrected chi connectivity index (χ4v) is 3.39. The van der Waals surface area contributed by atoms with Crippen LogP contribution in [0.15, 0.2) is 36.4 Å². The lowest BCUT2D eigenvalue weighted by Crippen LogP contribution is -2.17. The Morgan fingerprint density at radius 3 is 2.35 bits per heavy atom. The molecule has 0 saturated heterocycles. The molecule has 126 valence electrons. The molecule has 2 atom stereocenters. The van der Waals surface area contributed by atoms with Crippen LogP contribution >= 0.6 is 7.37 Å². The van der Waals surface area contributed by atoms with Gasteiger partial charge in [-0.3, -0.25) is 14.2 Å². The van der Waals surface area contributed by atoms with Gasteiger partial charge in [-0.15, -0.1) is 0 Å². The van der Waals surface area contributed by atoms with Crippen LogP contribution in [0.4, 0.5) is 0 Å². The van der Waals surface area contributed by atoms with Crippen LogP contribution in [0.2, 0.25) is 0 Å². The highest BCUT2D eigenvalue weighted by molar-refractivity contribution is 7.58. The van der Waals surface area contributed by atoms with Crippen molar-refractivity contribution in [3.05, 3.63) is 42.0 Å². The van der Waals surface area contributed by atoms with Crippen LogP contribution in [0.25, 0.3) is 6.08 Å². The molecule has 0 amide bonds. The number of aliphatic carboxylic acids is 2. The maximum atomic E-state index is 12.1. The molecule has 0 fully saturated rings. The molecule has 0 saturated carbocycles. The van der Waals surface area contributed by atoms with Crippen molar-refractivity contribution in [1.82, 2.24) is 0 Å². The molecule has 2 unspecified atom stereocenters. The summed E-state index contributed by atoms with van der Waals surface area (Å²) in [6.07, 6.45) is 2.86. The lowest BCUT2D eigenvalue weighted by atomic mass is 10.0. The van der Waals surface area contributed by atoms with Crippen LogP contribution in [0, 0.1) is 5.92 Å². The monoisotopic (exact) mass is 340 g/mol. The third-order valence-electron chi connectivity index (χ3n) is 3.38. The van der Waals surface area contributed by atoms with Gasteiger partial charge in [0, 0.05) is 18.7 Å². The third-order valence-corrected chi connectivity index (χ3v) is 5.12. The number of rotatable bonds is 10. The summed E-state index contributed by atoms with van der Waals surface area (Å²) in [5, 5.41) is 17.6. The van der Waals surface area contributed by atoms with E-state index in [1.165, 1.54) is 0 Å². The zero-order valence-corrected chi connectivity index (χ0v) is 13.6. The van der Waals surface area contributed by atoms with Crippen molar-refractivity contribution in [2.45, 2.75) is 19.3 Å². The molecule has 0 bridgehead atoms. The number of carboxylic acid groups (broad SMARTS) is 2. The van der Waals surface area contributed by atoms with Gasteiger partial charge in [0.1, 0.15) is 0 Å². The standard InChI is InChI=1S/C16H21O6P/c17-15(18)9-8-14(16(19)20)10-12-23(21,22)11-4-7-13-5-2-1-3-6-13/h1-7,14H,8-12H2,(H,17,18)(H,19,20)(H,21,22). The van der Waals surface area contributed by atoms with E-state index >= 15 is 0 Å². The quantitative estimate of drug-likeness (QED) is 0.565. The maximum absolute atomic E-state index is 12.1. The van der Waals surface area contributed by atoms with E-state index < -0.39 is 25.2 Å². The van der Waals surface area contributed by atoms with E-state index in [4.69, 9.17) is 10.2 Å². The first kappa shape index (κ1) is 19.1. The second-order valence-electron chi connectivity index (χ2n) is 5.32. The van der Waals surface area contributed by atoms with E-state index in [1.54, 1.807) is 12.2 Å². The lowest BCUT2D eigenvalue weighted by molar-refractivity contribution is -0.143. The molecule has 0 heterocycles. The van der Waals surface area contributed by atoms with Crippen molar-refractivity contribution in [1.29, 1.82) is 0 Å². The van der Waals surface area contributed by atoms with E-state index in [1.807, 2.05) is 30.3 Å². The van der Waals surface area contributed by atoms with E-state index in [2.05, 4.69) is 0 Å². The molecule has 0 aliphatic rings. The molecule has 1 aromatic rings. The molecule has 23 heavy (non-hydrogen) atoms. The van der Waals surface area contributed by atoms with Gasteiger partial charge in [-0.1, -0.05) is 42.5 Å². The predicted octanol–water partition coefficient (Wildman–Crippen LogP) is 2.93. The Labute approximate surface area is 134 Å². The molecule has 0 aliphatic carbocycles. The summed E-state index contributed by atoms with van der Waals surface area (Å²) in [4.78, 5) is 31.4. The van der Waals surface area contributed by atoms with Gasteiger partial charge in [0.25, 0.3) is 0 Å². The van der Waals surface area contributed by atoms with Crippen molar-refractivity contribution in [2.75, 3.05) is 12.3 Å². The summed E-state index contributed by atoms with van der Waals surface area (Å²) in [6.45, 7) is 0. The van der Waals surface area contributed by atoms with Crippen LogP contribution in [0.3, 0.4) is 0 Å². The van der Waals surface area contributed by atoms with Gasteiger partial charge in [0.15, 0.2) is 0 Å². The Kier molecular flexibility index (Phi) is 7.72. The summed E-state index contributed by atoms with van der Waals surface area (Å²) < 4.78 is 12.1. The first-order valence-electron chi connectivity index (χ1n) is 7.27. The second kappa shape index (κ2) is 9.28. The van der Waals surface area contributed by atoms with Crippen molar-refractivity contribution in [3.8, 4) is 0 Å². The number of carboxylic acids is 2. The molecular weight excluding hydrogens is 319 g/mol. The lowest BCUT2D eigenvalue weighted by Gasteiger charge is -2.14. The number of hydrogen-bond donors (Lipinski definition) is 3. The molecule has 0 radical (unpaired) electrons. The van der Waals surface area contributed by atoms with Gasteiger partial charge in [-0.05, 0) is 18.4 Å². The highest BCUT2D eigenvalue weighted by atomic mass is 31.2. The van der Waals surface area contributed by atoms with Crippen molar-refractivity contribution in [2.24, 2.45) is 5.92 Å². The van der Waals surface area contributed by atoms with Crippen LogP contribution in [0.5, 0.6) is 0 Å². The molecule has 1 rings (SSSR count). The minimum atomic E-state index is -3.47. The maximum Gasteiger partial charge on any atom is 0.306 e. The first-order chi connectivity index (χ1) is 10.8. The first-order valence-corrected chi connectivity index (χ1v) is 9.30. The second-order valence-corrected chi connectivity index (χ2v) is 7.83. The zero-order chi connectivity index (χ0) is 17.3. The molecule has 0 spiro atoms. The van der Waals surface area contributed by atoms with Crippen LogP contribution < -0.4 is 0 Å². The van der Waals surface area contributed by atoms with Crippen LogP contribution in [-0.2, 0) is 14.2 Å². The SMILES string of the molecule is O=C(O)CCC(CCP(=O)(O)CC=Cc1ccccc1)C(=O)O. The summed E-state index contributed by atoms with van der Waals surface area (Å²) in [5.41, 5.74) is 0.914. The third kappa shape index (κ3) is 8.33. The molecule has 0 aliphatic heterocycles. The van der Waals surface area contributed by atoms with Gasteiger partial charge in [-0.25, -0.2) is 0 Å². The number of carbonyl (C=O) groups is 2.